The summed E-state index contributed by atoms with van der Waals surface area (Å²) in [6.07, 6.45) is 0. The molecular weight excluding hydrogens is 633 g/mol. The molecule has 0 bridgehead atoms. The van der Waals surface area contributed by atoms with Gasteiger partial charge in [-0.15, -0.1) is 0 Å². The molecule has 2 aromatic heterocycles. The molecule has 248 valence electrons. The van der Waals surface area contributed by atoms with E-state index in [1.807, 2.05) is 0 Å². The summed E-state index contributed by atoms with van der Waals surface area (Å²) in [4.78, 5) is 4.89. The van der Waals surface area contributed by atoms with Crippen LogP contribution in [0.15, 0.2) is 182 Å². The third-order valence-electron chi connectivity index (χ3n) is 10.6. The van der Waals surface area contributed by atoms with Gasteiger partial charge in [0, 0.05) is 80.2 Å². The lowest BCUT2D eigenvalue weighted by molar-refractivity contribution is 1.01. The molecule has 2 heterocycles. The molecule has 0 fully saturated rings. The average molecular weight is 669 g/mol. The lowest BCUT2D eigenvalue weighted by atomic mass is 9.96. The van der Waals surface area contributed by atoms with E-state index in [4.69, 9.17) is 0 Å². The highest BCUT2D eigenvalue weighted by Gasteiger charge is 2.28. The number of hydrogen-bond donors (Lipinski definition) is 0. The van der Waals surface area contributed by atoms with Crippen molar-refractivity contribution in [2.45, 2.75) is 0 Å². The van der Waals surface area contributed by atoms with Crippen molar-refractivity contribution >= 4 is 88.5 Å². The first-order valence-corrected chi connectivity index (χ1v) is 17.8. The molecule has 0 aliphatic heterocycles. The Balaban J connectivity index is 1.51. The second-order valence-electron chi connectivity index (χ2n) is 13.5. The standard InChI is InChI=1S/C48H36N4/c1-49-41-29-17-15-27-37(41)39-31-44(52(35-23-11-5-12-24-35)36-25-13-6-14-26-36)46-45(47(39)49)43(32-40-38-28-16-18-30-42(38)50(2)48(40)46)51(33-19-7-3-8-20-33)34-21-9-4-10-22-34/h3-32H,1-2H3. The molecule has 0 amide bonds. The maximum atomic E-state index is 2.44. The van der Waals surface area contributed by atoms with Gasteiger partial charge in [-0.2, -0.15) is 0 Å². The van der Waals surface area contributed by atoms with Gasteiger partial charge < -0.3 is 18.9 Å². The molecule has 52 heavy (non-hydrogen) atoms. The van der Waals surface area contributed by atoms with E-state index in [1.165, 1.54) is 54.4 Å². The summed E-state index contributed by atoms with van der Waals surface area (Å²) < 4.78 is 4.80. The molecule has 4 heteroatoms. The van der Waals surface area contributed by atoms with Crippen LogP contribution in [-0.2, 0) is 14.1 Å². The lowest BCUT2D eigenvalue weighted by Gasteiger charge is -2.31. The number of nitrogens with zero attached hydrogens (tertiary/aromatic N) is 4. The number of hydrogen-bond acceptors (Lipinski definition) is 2. The minimum absolute atomic E-state index is 1.11. The third-order valence-corrected chi connectivity index (χ3v) is 10.6. The first-order valence-electron chi connectivity index (χ1n) is 17.8. The SMILES string of the molecule is Cn1c2ccccc2c2cc(N(c3ccccc3)c3ccccc3)c3c(c(N(c4ccccc4)c4ccccc4)cc4c5ccccc5n(C)c43)c21. The summed E-state index contributed by atoms with van der Waals surface area (Å²) in [5, 5.41) is 7.32. The van der Waals surface area contributed by atoms with Gasteiger partial charge in [0.05, 0.1) is 22.4 Å². The Hall–Kier alpha value is -6.78. The molecule has 8 aromatic carbocycles. The Morgan fingerprint density at radius 1 is 0.327 bits per heavy atom. The van der Waals surface area contributed by atoms with Crippen LogP contribution in [0, 0.1) is 0 Å². The van der Waals surface area contributed by atoms with Crippen molar-refractivity contribution in [3.8, 4) is 0 Å². The van der Waals surface area contributed by atoms with Crippen LogP contribution < -0.4 is 9.80 Å². The summed E-state index contributed by atoms with van der Waals surface area (Å²) in [5.41, 5.74) is 11.5. The summed E-state index contributed by atoms with van der Waals surface area (Å²) in [5.74, 6) is 0. The summed E-state index contributed by atoms with van der Waals surface area (Å²) in [6.45, 7) is 0. The topological polar surface area (TPSA) is 16.3 Å². The molecule has 0 radical (unpaired) electrons. The first kappa shape index (κ1) is 30.1. The van der Waals surface area contributed by atoms with E-state index in [0.717, 1.165) is 34.1 Å². The number of fused-ring (bicyclic) bond motifs is 9. The summed E-state index contributed by atoms with van der Waals surface area (Å²) in [6, 6.07) is 65.7. The van der Waals surface area contributed by atoms with Crippen LogP contribution >= 0.6 is 0 Å². The second kappa shape index (κ2) is 11.9. The molecule has 0 saturated carbocycles. The van der Waals surface area contributed by atoms with Gasteiger partial charge in [-0.1, -0.05) is 109 Å². The molecule has 0 aliphatic rings. The number of aryl methyl sites for hydroxylation is 2. The fourth-order valence-electron chi connectivity index (χ4n) is 8.41. The van der Waals surface area contributed by atoms with Gasteiger partial charge >= 0.3 is 0 Å². The van der Waals surface area contributed by atoms with Gasteiger partial charge in [-0.25, -0.2) is 0 Å². The van der Waals surface area contributed by atoms with Crippen LogP contribution in [-0.4, -0.2) is 9.13 Å². The predicted octanol–water partition coefficient (Wildman–Crippen LogP) is 13.1. The van der Waals surface area contributed by atoms with E-state index in [-0.39, 0.29) is 0 Å². The number of aromatic nitrogens is 2. The Kier molecular flexibility index (Phi) is 6.90. The number of anilines is 6. The molecule has 0 unspecified atom stereocenters. The van der Waals surface area contributed by atoms with E-state index in [0.29, 0.717) is 0 Å². The van der Waals surface area contributed by atoms with Crippen molar-refractivity contribution in [3.05, 3.63) is 182 Å². The molecule has 0 atom stereocenters. The van der Waals surface area contributed by atoms with Crippen LogP contribution in [0.2, 0.25) is 0 Å². The average Bonchev–Trinajstić information content (AvgIpc) is 3.66. The van der Waals surface area contributed by atoms with E-state index >= 15 is 0 Å². The van der Waals surface area contributed by atoms with Crippen LogP contribution in [0.1, 0.15) is 0 Å². The quantitative estimate of drug-likeness (QED) is 0.175. The fraction of sp³-hybridized carbons (Fsp3) is 0.0417. The second-order valence-corrected chi connectivity index (χ2v) is 13.5. The van der Waals surface area contributed by atoms with Crippen LogP contribution in [0.5, 0.6) is 0 Å². The molecule has 0 N–H and O–H groups in total. The van der Waals surface area contributed by atoms with Crippen molar-refractivity contribution in [1.82, 2.24) is 9.13 Å². The highest BCUT2D eigenvalue weighted by Crippen LogP contribution is 2.52. The smallest absolute Gasteiger partial charge is 0.0592 e. The van der Waals surface area contributed by atoms with Crippen LogP contribution in [0.3, 0.4) is 0 Å². The van der Waals surface area contributed by atoms with E-state index in [9.17, 15) is 0 Å². The summed E-state index contributed by atoms with van der Waals surface area (Å²) in [7, 11) is 4.45. The third kappa shape index (κ3) is 4.47. The highest BCUT2D eigenvalue weighted by molar-refractivity contribution is 6.33. The molecule has 10 aromatic rings. The molecule has 0 saturated heterocycles. The highest BCUT2D eigenvalue weighted by atomic mass is 15.2. The largest absolute Gasteiger partial charge is 0.343 e. The van der Waals surface area contributed by atoms with Gasteiger partial charge in [0.1, 0.15) is 0 Å². The molecule has 10 rings (SSSR count). The van der Waals surface area contributed by atoms with Gasteiger partial charge in [0.2, 0.25) is 0 Å². The zero-order valence-electron chi connectivity index (χ0n) is 29.1. The lowest BCUT2D eigenvalue weighted by Crippen LogP contribution is -2.13. The van der Waals surface area contributed by atoms with Crippen LogP contribution in [0.25, 0.3) is 54.4 Å². The van der Waals surface area contributed by atoms with Gasteiger partial charge in [0.25, 0.3) is 0 Å². The van der Waals surface area contributed by atoms with E-state index in [2.05, 4.69) is 215 Å². The number of para-hydroxylation sites is 6. The van der Waals surface area contributed by atoms with Crippen molar-refractivity contribution < 1.29 is 0 Å². The van der Waals surface area contributed by atoms with Crippen molar-refractivity contribution in [1.29, 1.82) is 0 Å². The molecular formula is C48H36N4. The van der Waals surface area contributed by atoms with Crippen molar-refractivity contribution in [2.24, 2.45) is 14.1 Å². The molecule has 0 aliphatic carbocycles. The maximum absolute atomic E-state index is 2.44. The number of benzene rings is 8. The van der Waals surface area contributed by atoms with Gasteiger partial charge in [-0.3, -0.25) is 0 Å². The zero-order chi connectivity index (χ0) is 34.8. The Bertz CT molecular complexity index is 2630. The van der Waals surface area contributed by atoms with Crippen molar-refractivity contribution in [3.63, 3.8) is 0 Å². The molecule has 0 spiro atoms. The maximum Gasteiger partial charge on any atom is 0.0592 e. The Morgan fingerprint density at radius 3 is 0.942 bits per heavy atom. The normalized spacial score (nSPS) is 11.7. The van der Waals surface area contributed by atoms with Crippen LogP contribution in [0.4, 0.5) is 34.1 Å². The van der Waals surface area contributed by atoms with Gasteiger partial charge in [0.15, 0.2) is 0 Å². The Morgan fingerprint density at radius 2 is 0.615 bits per heavy atom. The summed E-state index contributed by atoms with van der Waals surface area (Å²) >= 11 is 0. The Labute approximate surface area is 302 Å². The van der Waals surface area contributed by atoms with E-state index in [1.54, 1.807) is 0 Å². The number of rotatable bonds is 6. The fourth-order valence-corrected chi connectivity index (χ4v) is 8.41. The van der Waals surface area contributed by atoms with Crippen molar-refractivity contribution in [2.75, 3.05) is 9.80 Å². The van der Waals surface area contributed by atoms with E-state index < -0.39 is 0 Å². The molecule has 4 nitrogen and oxygen atoms in total. The first-order chi connectivity index (χ1) is 25.7. The predicted molar refractivity (Wildman–Crippen MR) is 221 cm³/mol. The zero-order valence-corrected chi connectivity index (χ0v) is 29.1. The van der Waals surface area contributed by atoms with Gasteiger partial charge in [-0.05, 0) is 72.8 Å². The minimum atomic E-state index is 1.11. The minimum Gasteiger partial charge on any atom is -0.343 e. The monoisotopic (exact) mass is 668 g/mol.